The van der Waals surface area contributed by atoms with Gasteiger partial charge in [-0.3, -0.25) is 0 Å². The highest BCUT2D eigenvalue weighted by Gasteiger charge is 2.12. The van der Waals surface area contributed by atoms with E-state index in [1.54, 1.807) is 0 Å². The van der Waals surface area contributed by atoms with Crippen molar-refractivity contribution in [3.8, 4) is 0 Å². The third kappa shape index (κ3) is 4.31. The van der Waals surface area contributed by atoms with Crippen molar-refractivity contribution < 1.29 is 9.84 Å². The van der Waals surface area contributed by atoms with Gasteiger partial charge in [0.1, 0.15) is 0 Å². The van der Waals surface area contributed by atoms with Crippen LogP contribution in [0.3, 0.4) is 0 Å². The highest BCUT2D eigenvalue weighted by atomic mass is 16.5. The highest BCUT2D eigenvalue weighted by Crippen LogP contribution is 2.12. The van der Waals surface area contributed by atoms with Gasteiger partial charge in [-0.05, 0) is 19.4 Å². The zero-order chi connectivity index (χ0) is 11.8. The second-order valence-electron chi connectivity index (χ2n) is 3.87. The second-order valence-corrected chi connectivity index (χ2v) is 3.87. The number of aliphatic hydroxyl groups is 1. The molecule has 0 fully saturated rings. The fourth-order valence-corrected chi connectivity index (χ4v) is 1.63. The monoisotopic (exact) mass is 223 g/mol. The normalized spacial score (nSPS) is 14.7. The van der Waals surface area contributed by atoms with Gasteiger partial charge < -0.3 is 15.2 Å². The predicted octanol–water partition coefficient (Wildman–Crippen LogP) is 1.73. The van der Waals surface area contributed by atoms with Gasteiger partial charge in [-0.25, -0.2) is 0 Å². The lowest BCUT2D eigenvalue weighted by Crippen LogP contribution is -2.35. The molecule has 0 bridgehead atoms. The molecule has 2 N–H and O–H groups in total. The Labute approximate surface area is 97.4 Å². The molecule has 0 saturated carbocycles. The maximum Gasteiger partial charge on any atom is 0.0626 e. The molecule has 0 saturated heterocycles. The fourth-order valence-electron chi connectivity index (χ4n) is 1.63. The minimum atomic E-state index is -0.0170. The number of hydrogen-bond acceptors (Lipinski definition) is 3. The Kier molecular flexibility index (Phi) is 6.08. The van der Waals surface area contributed by atoms with E-state index in [0.29, 0.717) is 6.61 Å². The highest BCUT2D eigenvalue weighted by molar-refractivity contribution is 5.19. The molecule has 0 radical (unpaired) electrons. The predicted molar refractivity (Wildman–Crippen MR) is 65.4 cm³/mol. The van der Waals surface area contributed by atoms with Gasteiger partial charge >= 0.3 is 0 Å². The third-order valence-electron chi connectivity index (χ3n) is 2.44. The Balaban J connectivity index is 2.49. The molecule has 0 amide bonds. The first-order valence-corrected chi connectivity index (χ1v) is 5.77. The van der Waals surface area contributed by atoms with Crippen LogP contribution in [-0.4, -0.2) is 31.0 Å². The molecule has 16 heavy (non-hydrogen) atoms. The lowest BCUT2D eigenvalue weighted by molar-refractivity contribution is 0.117. The van der Waals surface area contributed by atoms with E-state index in [1.165, 1.54) is 0 Å². The molecule has 0 aliphatic heterocycles. The summed E-state index contributed by atoms with van der Waals surface area (Å²) in [6.07, 6.45) is 0. The van der Waals surface area contributed by atoms with Crippen molar-refractivity contribution in [2.45, 2.75) is 25.9 Å². The number of hydrogen-bond donors (Lipinski definition) is 2. The molecule has 3 heteroatoms. The number of rotatable bonds is 7. The SMILES string of the molecule is CCOCC(C)N[C@@H](CO)c1ccccc1. The summed E-state index contributed by atoms with van der Waals surface area (Å²) in [5.41, 5.74) is 1.10. The third-order valence-corrected chi connectivity index (χ3v) is 2.44. The quantitative estimate of drug-likeness (QED) is 0.739. The van der Waals surface area contributed by atoms with Crippen molar-refractivity contribution in [3.63, 3.8) is 0 Å². The summed E-state index contributed by atoms with van der Waals surface area (Å²) >= 11 is 0. The van der Waals surface area contributed by atoms with E-state index in [-0.39, 0.29) is 18.7 Å². The molecule has 2 atom stereocenters. The Morgan fingerprint density at radius 1 is 1.31 bits per heavy atom. The first-order valence-electron chi connectivity index (χ1n) is 5.77. The van der Waals surface area contributed by atoms with Crippen molar-refractivity contribution in [2.24, 2.45) is 0 Å². The summed E-state index contributed by atoms with van der Waals surface area (Å²) in [4.78, 5) is 0. The molecule has 1 unspecified atom stereocenters. The van der Waals surface area contributed by atoms with Crippen LogP contribution in [0.2, 0.25) is 0 Å². The van der Waals surface area contributed by atoms with Crippen molar-refractivity contribution in [1.82, 2.24) is 5.32 Å². The van der Waals surface area contributed by atoms with Gasteiger partial charge in [0.25, 0.3) is 0 Å². The molecule has 0 spiro atoms. The number of benzene rings is 1. The lowest BCUT2D eigenvalue weighted by atomic mass is 10.1. The minimum Gasteiger partial charge on any atom is -0.394 e. The summed E-state index contributed by atoms with van der Waals surface area (Å²) in [5.74, 6) is 0. The van der Waals surface area contributed by atoms with Crippen molar-refractivity contribution >= 4 is 0 Å². The molecule has 1 rings (SSSR count). The standard InChI is InChI=1S/C13H21NO2/c1-3-16-10-11(2)14-13(9-15)12-7-5-4-6-8-12/h4-8,11,13-15H,3,9-10H2,1-2H3/t11?,13-/m0/s1. The molecule has 90 valence electrons. The smallest absolute Gasteiger partial charge is 0.0626 e. The summed E-state index contributed by atoms with van der Waals surface area (Å²) in [6.45, 7) is 5.52. The van der Waals surface area contributed by atoms with Crippen LogP contribution in [0.25, 0.3) is 0 Å². The van der Waals surface area contributed by atoms with Gasteiger partial charge in [0.15, 0.2) is 0 Å². The molecule has 3 nitrogen and oxygen atoms in total. The topological polar surface area (TPSA) is 41.5 Å². The Bertz CT molecular complexity index is 277. The van der Waals surface area contributed by atoms with Crippen LogP contribution in [0, 0.1) is 0 Å². The van der Waals surface area contributed by atoms with E-state index in [1.807, 2.05) is 37.3 Å². The Morgan fingerprint density at radius 3 is 2.56 bits per heavy atom. The van der Waals surface area contributed by atoms with E-state index in [2.05, 4.69) is 12.2 Å². The summed E-state index contributed by atoms with van der Waals surface area (Å²) in [5, 5.41) is 12.7. The first kappa shape index (κ1) is 13.2. The average molecular weight is 223 g/mol. The number of ether oxygens (including phenoxy) is 1. The lowest BCUT2D eigenvalue weighted by Gasteiger charge is -2.21. The number of nitrogens with one attached hydrogen (secondary N) is 1. The zero-order valence-electron chi connectivity index (χ0n) is 10.0. The van der Waals surface area contributed by atoms with Gasteiger partial charge in [-0.2, -0.15) is 0 Å². The maximum atomic E-state index is 9.35. The molecular formula is C13H21NO2. The van der Waals surface area contributed by atoms with Gasteiger partial charge in [-0.15, -0.1) is 0 Å². The molecule has 0 aromatic heterocycles. The molecule has 0 aliphatic rings. The van der Waals surface area contributed by atoms with Crippen LogP contribution in [0.15, 0.2) is 30.3 Å². The largest absolute Gasteiger partial charge is 0.394 e. The van der Waals surface area contributed by atoms with E-state index in [4.69, 9.17) is 4.74 Å². The second kappa shape index (κ2) is 7.39. The van der Waals surface area contributed by atoms with Crippen LogP contribution in [0.1, 0.15) is 25.5 Å². The Morgan fingerprint density at radius 2 is 2.00 bits per heavy atom. The van der Waals surface area contributed by atoms with E-state index >= 15 is 0 Å². The van der Waals surface area contributed by atoms with E-state index in [9.17, 15) is 5.11 Å². The average Bonchev–Trinajstić information content (AvgIpc) is 2.34. The van der Waals surface area contributed by atoms with Gasteiger partial charge in [0, 0.05) is 12.6 Å². The van der Waals surface area contributed by atoms with Crippen LogP contribution in [-0.2, 0) is 4.74 Å². The van der Waals surface area contributed by atoms with Crippen molar-refractivity contribution in [3.05, 3.63) is 35.9 Å². The van der Waals surface area contributed by atoms with Crippen LogP contribution >= 0.6 is 0 Å². The van der Waals surface area contributed by atoms with Crippen LogP contribution in [0.4, 0.5) is 0 Å². The summed E-state index contributed by atoms with van der Waals surface area (Å²) < 4.78 is 5.33. The van der Waals surface area contributed by atoms with Gasteiger partial charge in [0.05, 0.1) is 19.3 Å². The van der Waals surface area contributed by atoms with Crippen LogP contribution in [0.5, 0.6) is 0 Å². The maximum absolute atomic E-state index is 9.35. The zero-order valence-corrected chi connectivity index (χ0v) is 10.0. The van der Waals surface area contributed by atoms with Crippen LogP contribution < -0.4 is 5.32 Å². The molecule has 0 aliphatic carbocycles. The number of aliphatic hydroxyl groups excluding tert-OH is 1. The van der Waals surface area contributed by atoms with E-state index in [0.717, 1.165) is 12.2 Å². The Hall–Kier alpha value is -0.900. The van der Waals surface area contributed by atoms with E-state index < -0.39 is 0 Å². The van der Waals surface area contributed by atoms with Crippen molar-refractivity contribution in [2.75, 3.05) is 19.8 Å². The first-order chi connectivity index (χ1) is 7.77. The van der Waals surface area contributed by atoms with Gasteiger partial charge in [0.2, 0.25) is 0 Å². The molecule has 1 aromatic rings. The summed E-state index contributed by atoms with van der Waals surface area (Å²) in [6, 6.07) is 10.2. The fraction of sp³-hybridized carbons (Fsp3) is 0.538. The molecule has 0 heterocycles. The molecular weight excluding hydrogens is 202 g/mol. The summed E-state index contributed by atoms with van der Waals surface area (Å²) in [7, 11) is 0. The molecule has 1 aromatic carbocycles. The minimum absolute atomic E-state index is 0.0170. The van der Waals surface area contributed by atoms with Crippen molar-refractivity contribution in [1.29, 1.82) is 0 Å². The van der Waals surface area contributed by atoms with Gasteiger partial charge in [-0.1, -0.05) is 30.3 Å².